The maximum Gasteiger partial charge on any atom is 0.324 e. The molecule has 0 aromatic carbocycles. The van der Waals surface area contributed by atoms with Gasteiger partial charge in [-0.15, -0.1) is 0 Å². The fourth-order valence-electron chi connectivity index (χ4n) is 3.37. The second-order valence-electron chi connectivity index (χ2n) is 6.05. The Balaban J connectivity index is 1.40. The molecule has 2 aliphatic rings. The number of likely N-dealkylation sites (tertiary alicyclic amines) is 1. The van der Waals surface area contributed by atoms with E-state index < -0.39 is 0 Å². The van der Waals surface area contributed by atoms with Crippen molar-refractivity contribution in [2.45, 2.75) is 25.2 Å². The number of nitrogens with zero attached hydrogens (tertiary/aromatic N) is 4. The normalized spacial score (nSPS) is 20.7. The molecule has 0 saturated carbocycles. The summed E-state index contributed by atoms with van der Waals surface area (Å²) in [6.07, 6.45) is 4.99. The molecular weight excluding hydrogens is 282 g/mol. The lowest BCUT2D eigenvalue weighted by Crippen LogP contribution is -2.37. The van der Waals surface area contributed by atoms with Gasteiger partial charge in [-0.3, -0.25) is 14.4 Å². The van der Waals surface area contributed by atoms with Crippen molar-refractivity contribution < 1.29 is 9.59 Å². The number of aryl methyl sites for hydroxylation is 1. The SMILES string of the molecule is Cn1nccc1C1CCN(CCCN2C(=O)CNC2=O)CC1. The summed E-state index contributed by atoms with van der Waals surface area (Å²) in [5.41, 5.74) is 1.32. The molecule has 22 heavy (non-hydrogen) atoms. The summed E-state index contributed by atoms with van der Waals surface area (Å²) in [6, 6.07) is 1.86. The fraction of sp³-hybridized carbons (Fsp3) is 0.667. The molecule has 3 amide bonds. The molecule has 3 rings (SSSR count). The maximum atomic E-state index is 11.5. The van der Waals surface area contributed by atoms with Crippen LogP contribution in [0.4, 0.5) is 4.79 Å². The van der Waals surface area contributed by atoms with Gasteiger partial charge >= 0.3 is 6.03 Å². The van der Waals surface area contributed by atoms with E-state index in [-0.39, 0.29) is 18.5 Å². The van der Waals surface area contributed by atoms with Crippen LogP contribution in [0.2, 0.25) is 0 Å². The smallest absolute Gasteiger partial charge is 0.324 e. The van der Waals surface area contributed by atoms with Crippen molar-refractivity contribution in [3.8, 4) is 0 Å². The number of hydrogen-bond acceptors (Lipinski definition) is 4. The first-order valence-electron chi connectivity index (χ1n) is 7.93. The van der Waals surface area contributed by atoms with Crippen molar-refractivity contribution >= 4 is 11.9 Å². The molecule has 0 unspecified atom stereocenters. The highest BCUT2D eigenvalue weighted by atomic mass is 16.2. The Morgan fingerprint density at radius 1 is 1.27 bits per heavy atom. The molecule has 2 fully saturated rings. The largest absolute Gasteiger partial charge is 0.329 e. The number of nitrogens with one attached hydrogen (secondary N) is 1. The van der Waals surface area contributed by atoms with Crippen LogP contribution < -0.4 is 5.32 Å². The highest BCUT2D eigenvalue weighted by Crippen LogP contribution is 2.27. The van der Waals surface area contributed by atoms with E-state index in [2.05, 4.69) is 21.4 Å². The third kappa shape index (κ3) is 3.14. The van der Waals surface area contributed by atoms with Gasteiger partial charge in [0.15, 0.2) is 0 Å². The highest BCUT2D eigenvalue weighted by molar-refractivity contribution is 6.01. The number of carbonyl (C=O) groups excluding carboxylic acids is 2. The van der Waals surface area contributed by atoms with Crippen molar-refractivity contribution in [2.75, 3.05) is 32.7 Å². The summed E-state index contributed by atoms with van der Waals surface area (Å²) in [7, 11) is 2.00. The average molecular weight is 305 g/mol. The zero-order valence-electron chi connectivity index (χ0n) is 13.0. The molecule has 1 aromatic heterocycles. The number of carbonyl (C=O) groups is 2. The van der Waals surface area contributed by atoms with Crippen LogP contribution in [0.15, 0.2) is 12.3 Å². The Hall–Kier alpha value is -1.89. The molecule has 0 spiro atoms. The molecule has 0 bridgehead atoms. The number of aromatic nitrogens is 2. The van der Waals surface area contributed by atoms with E-state index in [0.29, 0.717) is 12.5 Å². The molecule has 2 saturated heterocycles. The standard InChI is InChI=1S/C15H23N5O2/c1-18-13(3-6-17-18)12-4-9-19(10-5-12)7-2-8-20-14(21)11-16-15(20)22/h3,6,12H,2,4-5,7-11H2,1H3,(H,16,22). The van der Waals surface area contributed by atoms with Crippen LogP contribution in [-0.2, 0) is 11.8 Å². The second kappa shape index (κ2) is 6.48. The van der Waals surface area contributed by atoms with E-state index in [1.165, 1.54) is 10.6 Å². The first-order chi connectivity index (χ1) is 10.6. The van der Waals surface area contributed by atoms with Gasteiger partial charge < -0.3 is 10.2 Å². The molecule has 120 valence electrons. The summed E-state index contributed by atoms with van der Waals surface area (Å²) in [5, 5.41) is 6.80. The molecule has 2 aliphatic heterocycles. The first kappa shape index (κ1) is 15.0. The van der Waals surface area contributed by atoms with Gasteiger partial charge in [-0.05, 0) is 45.0 Å². The lowest BCUT2D eigenvalue weighted by Gasteiger charge is -2.32. The summed E-state index contributed by atoms with van der Waals surface area (Å²) < 4.78 is 1.97. The Kier molecular flexibility index (Phi) is 4.42. The quantitative estimate of drug-likeness (QED) is 0.806. The van der Waals surface area contributed by atoms with Crippen molar-refractivity contribution in [1.82, 2.24) is 24.9 Å². The zero-order valence-corrected chi connectivity index (χ0v) is 13.0. The van der Waals surface area contributed by atoms with Gasteiger partial charge in [-0.2, -0.15) is 5.10 Å². The van der Waals surface area contributed by atoms with Crippen LogP contribution >= 0.6 is 0 Å². The van der Waals surface area contributed by atoms with Gasteiger partial charge in [-0.25, -0.2) is 4.79 Å². The summed E-state index contributed by atoms with van der Waals surface area (Å²) in [6.45, 7) is 3.74. The van der Waals surface area contributed by atoms with Crippen LogP contribution in [-0.4, -0.2) is 64.2 Å². The monoisotopic (exact) mass is 305 g/mol. The zero-order chi connectivity index (χ0) is 15.5. The van der Waals surface area contributed by atoms with Crippen LogP contribution in [0.5, 0.6) is 0 Å². The molecule has 0 radical (unpaired) electrons. The van der Waals surface area contributed by atoms with Gasteiger partial charge in [0.05, 0.1) is 6.54 Å². The molecule has 0 atom stereocenters. The molecule has 0 aliphatic carbocycles. The lowest BCUT2D eigenvalue weighted by molar-refractivity contribution is -0.125. The van der Waals surface area contributed by atoms with E-state index in [1.54, 1.807) is 0 Å². The first-order valence-corrected chi connectivity index (χ1v) is 7.93. The number of hydrogen-bond donors (Lipinski definition) is 1. The van der Waals surface area contributed by atoms with Crippen molar-refractivity contribution in [3.05, 3.63) is 18.0 Å². The minimum absolute atomic E-state index is 0.111. The van der Waals surface area contributed by atoms with Gasteiger partial charge in [0.1, 0.15) is 0 Å². The third-order valence-corrected chi connectivity index (χ3v) is 4.66. The van der Waals surface area contributed by atoms with E-state index in [4.69, 9.17) is 0 Å². The molecule has 7 nitrogen and oxygen atoms in total. The van der Waals surface area contributed by atoms with Gasteiger partial charge in [0.2, 0.25) is 5.91 Å². The average Bonchev–Trinajstić information content (AvgIpc) is 3.08. The predicted octanol–water partition coefficient (Wildman–Crippen LogP) is 0.541. The molecule has 1 N–H and O–H groups in total. The Morgan fingerprint density at radius 2 is 2.05 bits per heavy atom. The lowest BCUT2D eigenvalue weighted by atomic mass is 9.93. The Morgan fingerprint density at radius 3 is 2.64 bits per heavy atom. The second-order valence-corrected chi connectivity index (χ2v) is 6.05. The Bertz CT molecular complexity index is 532. The predicted molar refractivity (Wildman–Crippen MR) is 81.4 cm³/mol. The summed E-state index contributed by atoms with van der Waals surface area (Å²) in [4.78, 5) is 26.7. The molecular formula is C15H23N5O2. The van der Waals surface area contributed by atoms with Gasteiger partial charge in [0, 0.05) is 31.4 Å². The minimum Gasteiger partial charge on any atom is -0.329 e. The van der Waals surface area contributed by atoms with Gasteiger partial charge in [0.25, 0.3) is 0 Å². The Labute approximate surface area is 130 Å². The van der Waals surface area contributed by atoms with Crippen molar-refractivity contribution in [3.63, 3.8) is 0 Å². The van der Waals surface area contributed by atoms with Crippen LogP contribution in [0.3, 0.4) is 0 Å². The highest BCUT2D eigenvalue weighted by Gasteiger charge is 2.28. The van der Waals surface area contributed by atoms with E-state index >= 15 is 0 Å². The maximum absolute atomic E-state index is 11.5. The van der Waals surface area contributed by atoms with Crippen LogP contribution in [0.1, 0.15) is 30.9 Å². The molecule has 1 aromatic rings. The number of rotatable bonds is 5. The fourth-order valence-corrected chi connectivity index (χ4v) is 3.37. The summed E-state index contributed by atoms with van der Waals surface area (Å²) >= 11 is 0. The van der Waals surface area contributed by atoms with Crippen LogP contribution in [0.25, 0.3) is 0 Å². The van der Waals surface area contributed by atoms with Crippen molar-refractivity contribution in [1.29, 1.82) is 0 Å². The number of urea groups is 1. The number of piperidine rings is 1. The number of imide groups is 1. The number of amides is 3. The van der Waals surface area contributed by atoms with Crippen LogP contribution in [0, 0.1) is 0 Å². The van der Waals surface area contributed by atoms with Crippen molar-refractivity contribution in [2.24, 2.45) is 7.05 Å². The van der Waals surface area contributed by atoms with E-state index in [9.17, 15) is 9.59 Å². The third-order valence-electron chi connectivity index (χ3n) is 4.66. The minimum atomic E-state index is -0.250. The van der Waals surface area contributed by atoms with Gasteiger partial charge in [-0.1, -0.05) is 0 Å². The van der Waals surface area contributed by atoms with E-state index in [1.807, 2.05) is 17.9 Å². The molecule has 7 heteroatoms. The topological polar surface area (TPSA) is 70.5 Å². The summed E-state index contributed by atoms with van der Waals surface area (Å²) in [5.74, 6) is 0.481. The van der Waals surface area contributed by atoms with E-state index in [0.717, 1.165) is 38.9 Å². The molecule has 3 heterocycles.